The number of aryl methyl sites for hydroxylation is 1. The van der Waals surface area contributed by atoms with Gasteiger partial charge in [-0.2, -0.15) is 0 Å². The van der Waals surface area contributed by atoms with Gasteiger partial charge in [0.2, 0.25) is 0 Å². The van der Waals surface area contributed by atoms with E-state index in [0.717, 1.165) is 53.5 Å². The number of rotatable bonds is 3. The third-order valence-electron chi connectivity index (χ3n) is 5.87. The zero-order valence-corrected chi connectivity index (χ0v) is 17.7. The maximum absolute atomic E-state index is 13.5. The molecule has 1 aliphatic rings. The summed E-state index contributed by atoms with van der Waals surface area (Å²) < 4.78 is 0. The number of aromatic amines is 1. The van der Waals surface area contributed by atoms with Crippen molar-refractivity contribution in [3.63, 3.8) is 0 Å². The predicted octanol–water partition coefficient (Wildman–Crippen LogP) is 4.77. The van der Waals surface area contributed by atoms with E-state index in [2.05, 4.69) is 28.6 Å². The minimum absolute atomic E-state index is 0.0144. The van der Waals surface area contributed by atoms with Crippen LogP contribution in [0.1, 0.15) is 35.8 Å². The van der Waals surface area contributed by atoms with Crippen molar-refractivity contribution in [1.29, 1.82) is 0 Å². The number of aromatic nitrogens is 1. The molecule has 1 fully saturated rings. The number of piperidine rings is 1. The molecule has 2 aromatic carbocycles. The second kappa shape index (κ2) is 8.22. The first-order valence-electron chi connectivity index (χ1n) is 10.5. The molecule has 3 amide bonds. The molecule has 2 heterocycles. The molecule has 0 saturated carbocycles. The minimum atomic E-state index is -0.296. The monoisotopic (exact) mass is 404 g/mol. The Labute approximate surface area is 176 Å². The number of urea groups is 1. The van der Waals surface area contributed by atoms with Gasteiger partial charge < -0.3 is 20.5 Å². The third-order valence-corrected chi connectivity index (χ3v) is 5.87. The lowest BCUT2D eigenvalue weighted by Crippen LogP contribution is -2.38. The molecule has 0 unspecified atom stereocenters. The second-order valence-electron chi connectivity index (χ2n) is 8.15. The van der Waals surface area contributed by atoms with Crippen LogP contribution in [-0.4, -0.2) is 42.0 Å². The van der Waals surface area contributed by atoms with Crippen LogP contribution in [0.25, 0.3) is 22.0 Å². The summed E-state index contributed by atoms with van der Waals surface area (Å²) >= 11 is 0. The predicted molar refractivity (Wildman–Crippen MR) is 121 cm³/mol. The number of likely N-dealkylation sites (tertiary alicyclic amines) is 1. The fourth-order valence-electron chi connectivity index (χ4n) is 4.16. The smallest absolute Gasteiger partial charge is 0.319 e. The zero-order valence-electron chi connectivity index (χ0n) is 17.7. The summed E-state index contributed by atoms with van der Waals surface area (Å²) in [5, 5.41) is 6.41. The van der Waals surface area contributed by atoms with Gasteiger partial charge in [0.1, 0.15) is 5.69 Å². The summed E-state index contributed by atoms with van der Waals surface area (Å²) in [6.45, 7) is 5.77. The van der Waals surface area contributed by atoms with Crippen LogP contribution < -0.4 is 10.6 Å². The number of carbonyl (C=O) groups is 2. The molecule has 6 heteroatoms. The Hall–Kier alpha value is -3.28. The molecule has 3 N–H and O–H groups in total. The number of hydrogen-bond donors (Lipinski definition) is 3. The molecule has 0 aliphatic carbocycles. The van der Waals surface area contributed by atoms with Crippen molar-refractivity contribution in [2.24, 2.45) is 5.92 Å². The van der Waals surface area contributed by atoms with Crippen molar-refractivity contribution in [1.82, 2.24) is 15.2 Å². The molecule has 0 radical (unpaired) electrons. The van der Waals surface area contributed by atoms with E-state index in [0.29, 0.717) is 17.3 Å². The zero-order chi connectivity index (χ0) is 21.3. The Morgan fingerprint density at radius 1 is 1.10 bits per heavy atom. The lowest BCUT2D eigenvalue weighted by molar-refractivity contribution is 0.0693. The van der Waals surface area contributed by atoms with Crippen molar-refractivity contribution in [3.8, 4) is 11.1 Å². The first kappa shape index (κ1) is 20.0. The first-order valence-corrected chi connectivity index (χ1v) is 10.5. The van der Waals surface area contributed by atoms with Crippen LogP contribution in [0.2, 0.25) is 0 Å². The Morgan fingerprint density at radius 3 is 2.47 bits per heavy atom. The number of hydrogen-bond acceptors (Lipinski definition) is 2. The molecule has 3 aromatic rings. The van der Waals surface area contributed by atoms with Crippen molar-refractivity contribution in [2.45, 2.75) is 26.7 Å². The van der Waals surface area contributed by atoms with Crippen molar-refractivity contribution < 1.29 is 9.59 Å². The highest BCUT2D eigenvalue weighted by molar-refractivity contribution is 6.13. The molecular formula is C24H28N4O2. The third kappa shape index (κ3) is 3.77. The van der Waals surface area contributed by atoms with E-state index in [9.17, 15) is 9.59 Å². The summed E-state index contributed by atoms with van der Waals surface area (Å²) in [6, 6.07) is 13.6. The first-order chi connectivity index (χ1) is 14.5. The van der Waals surface area contributed by atoms with Crippen molar-refractivity contribution >= 4 is 28.5 Å². The van der Waals surface area contributed by atoms with Gasteiger partial charge in [0.15, 0.2) is 0 Å². The summed E-state index contributed by atoms with van der Waals surface area (Å²) in [7, 11) is 1.58. The van der Waals surface area contributed by atoms with Gasteiger partial charge in [-0.05, 0) is 48.9 Å². The molecule has 156 valence electrons. The van der Waals surface area contributed by atoms with E-state index >= 15 is 0 Å². The maximum atomic E-state index is 13.5. The van der Waals surface area contributed by atoms with E-state index < -0.39 is 0 Å². The van der Waals surface area contributed by atoms with Crippen LogP contribution in [0.3, 0.4) is 0 Å². The van der Waals surface area contributed by atoms with Crippen LogP contribution in [-0.2, 0) is 0 Å². The second-order valence-corrected chi connectivity index (χ2v) is 8.15. The quantitative estimate of drug-likeness (QED) is 0.588. The fraction of sp³-hybridized carbons (Fsp3) is 0.333. The molecule has 1 aliphatic heterocycles. The average molecular weight is 405 g/mol. The van der Waals surface area contributed by atoms with Gasteiger partial charge in [-0.25, -0.2) is 4.79 Å². The molecular weight excluding hydrogens is 376 g/mol. The van der Waals surface area contributed by atoms with E-state index in [1.165, 1.54) is 0 Å². The van der Waals surface area contributed by atoms with Crippen molar-refractivity contribution in [3.05, 3.63) is 53.7 Å². The number of carbonyl (C=O) groups excluding carboxylic acids is 2. The SMILES string of the molecule is CNC(=O)Nc1cc(C)cc2c(-c3ccccc3)c(C(=O)N3CCC(C)CC3)[nH]c12. The standard InChI is InChI=1S/C24H28N4O2/c1-15-9-11-28(12-10-15)23(29)22-20(17-7-5-4-6-8-17)18-13-16(2)14-19(21(18)27-22)26-24(30)25-3/h4-8,13-15,27H,9-12H2,1-3H3,(H2,25,26,30). The molecule has 6 nitrogen and oxygen atoms in total. The highest BCUT2D eigenvalue weighted by Crippen LogP contribution is 2.37. The molecule has 4 rings (SSSR count). The lowest BCUT2D eigenvalue weighted by Gasteiger charge is -2.30. The molecule has 0 atom stereocenters. The number of fused-ring (bicyclic) bond motifs is 1. The molecule has 0 spiro atoms. The Kier molecular flexibility index (Phi) is 5.48. The maximum Gasteiger partial charge on any atom is 0.319 e. The molecule has 1 aromatic heterocycles. The van der Waals surface area contributed by atoms with Gasteiger partial charge in [0.25, 0.3) is 5.91 Å². The number of anilines is 1. The average Bonchev–Trinajstić information content (AvgIpc) is 3.13. The lowest BCUT2D eigenvalue weighted by atomic mass is 9.97. The van der Waals surface area contributed by atoms with Crippen LogP contribution in [0.5, 0.6) is 0 Å². The van der Waals surface area contributed by atoms with Gasteiger partial charge in [0, 0.05) is 31.1 Å². The van der Waals surface area contributed by atoms with Gasteiger partial charge in [-0.3, -0.25) is 4.79 Å². The fourth-order valence-corrected chi connectivity index (χ4v) is 4.16. The molecule has 0 bridgehead atoms. The van der Waals surface area contributed by atoms with Crippen molar-refractivity contribution in [2.75, 3.05) is 25.5 Å². The Balaban J connectivity index is 1.89. The van der Waals surface area contributed by atoms with Gasteiger partial charge >= 0.3 is 6.03 Å². The van der Waals surface area contributed by atoms with Crippen LogP contribution >= 0.6 is 0 Å². The summed E-state index contributed by atoms with van der Waals surface area (Å²) in [5.74, 6) is 0.664. The highest BCUT2D eigenvalue weighted by Gasteiger charge is 2.27. The number of H-pyrrole nitrogens is 1. The number of amides is 3. The largest absolute Gasteiger partial charge is 0.348 e. The van der Waals surface area contributed by atoms with Gasteiger partial charge in [0.05, 0.1) is 11.2 Å². The van der Waals surface area contributed by atoms with Gasteiger partial charge in [-0.15, -0.1) is 0 Å². The van der Waals surface area contributed by atoms with E-state index in [1.807, 2.05) is 48.2 Å². The van der Waals surface area contributed by atoms with Crippen LogP contribution in [0, 0.1) is 12.8 Å². The number of benzene rings is 2. The van der Waals surface area contributed by atoms with E-state index in [-0.39, 0.29) is 11.9 Å². The van der Waals surface area contributed by atoms with Gasteiger partial charge in [-0.1, -0.05) is 37.3 Å². The molecule has 1 saturated heterocycles. The molecule has 30 heavy (non-hydrogen) atoms. The minimum Gasteiger partial charge on any atom is -0.348 e. The van der Waals surface area contributed by atoms with Crippen LogP contribution in [0.15, 0.2) is 42.5 Å². The van der Waals surface area contributed by atoms with E-state index in [4.69, 9.17) is 0 Å². The highest BCUT2D eigenvalue weighted by atomic mass is 16.2. The summed E-state index contributed by atoms with van der Waals surface area (Å²) in [4.78, 5) is 30.8. The Morgan fingerprint density at radius 2 is 1.80 bits per heavy atom. The topological polar surface area (TPSA) is 77.2 Å². The summed E-state index contributed by atoms with van der Waals surface area (Å²) in [5.41, 5.74) is 4.88. The number of nitrogens with one attached hydrogen (secondary N) is 3. The van der Waals surface area contributed by atoms with Crippen LogP contribution in [0.4, 0.5) is 10.5 Å². The normalized spacial score (nSPS) is 14.7. The van der Waals surface area contributed by atoms with E-state index in [1.54, 1.807) is 7.05 Å². The Bertz CT molecular complexity index is 1080. The summed E-state index contributed by atoms with van der Waals surface area (Å²) in [6.07, 6.45) is 2.05. The number of nitrogens with zero attached hydrogens (tertiary/aromatic N) is 1.